The zero-order valence-corrected chi connectivity index (χ0v) is 21.3. The maximum Gasteiger partial charge on any atom is 0.262 e. The van der Waals surface area contributed by atoms with Crippen LogP contribution in [0, 0.1) is 0 Å². The van der Waals surface area contributed by atoms with Crippen LogP contribution in [0.2, 0.25) is 0 Å². The lowest BCUT2D eigenvalue weighted by molar-refractivity contribution is -0.115. The highest BCUT2D eigenvalue weighted by Gasteiger charge is 2.27. The van der Waals surface area contributed by atoms with Crippen molar-refractivity contribution < 1.29 is 14.3 Å². The van der Waals surface area contributed by atoms with Gasteiger partial charge in [0.1, 0.15) is 11.0 Å². The Kier molecular flexibility index (Phi) is 8.40. The van der Waals surface area contributed by atoms with Crippen LogP contribution in [0.15, 0.2) is 88.8 Å². The number of thioether (sulfide) groups is 1. The first-order valence-electron chi connectivity index (χ1n) is 11.8. The van der Waals surface area contributed by atoms with Crippen molar-refractivity contribution in [2.24, 2.45) is 0 Å². The number of anilines is 1. The van der Waals surface area contributed by atoms with E-state index in [2.05, 4.69) is 5.32 Å². The molecule has 36 heavy (non-hydrogen) atoms. The van der Waals surface area contributed by atoms with Gasteiger partial charge in [0.25, 0.3) is 5.56 Å². The molecule has 4 aromatic rings. The monoisotopic (exact) mass is 503 g/mol. The zero-order chi connectivity index (χ0) is 25.5. The molecule has 0 unspecified atom stereocenters. The van der Waals surface area contributed by atoms with Crippen molar-refractivity contribution in [1.82, 2.24) is 9.55 Å². The second-order valence-electron chi connectivity index (χ2n) is 8.22. The van der Waals surface area contributed by atoms with Crippen LogP contribution in [0.4, 0.5) is 5.69 Å². The summed E-state index contributed by atoms with van der Waals surface area (Å²) >= 11 is 1.24. The summed E-state index contributed by atoms with van der Waals surface area (Å²) in [6.45, 7) is 4.61. The van der Waals surface area contributed by atoms with Gasteiger partial charge in [-0.1, -0.05) is 66.4 Å². The number of para-hydroxylation sites is 3. The lowest BCUT2D eigenvalue weighted by atomic mass is 10.1. The Morgan fingerprint density at radius 1 is 1.03 bits per heavy atom. The van der Waals surface area contributed by atoms with Gasteiger partial charge in [-0.25, -0.2) is 4.98 Å². The van der Waals surface area contributed by atoms with Gasteiger partial charge in [-0.2, -0.15) is 0 Å². The van der Waals surface area contributed by atoms with Crippen molar-refractivity contribution in [3.63, 3.8) is 0 Å². The number of amides is 1. The van der Waals surface area contributed by atoms with Gasteiger partial charge in [-0.05, 0) is 43.7 Å². The van der Waals surface area contributed by atoms with Crippen molar-refractivity contribution in [1.29, 1.82) is 0 Å². The van der Waals surface area contributed by atoms with Gasteiger partial charge in [0.2, 0.25) is 5.91 Å². The van der Waals surface area contributed by atoms with Crippen LogP contribution in [0.3, 0.4) is 0 Å². The van der Waals surface area contributed by atoms with E-state index in [1.807, 2.05) is 80.6 Å². The van der Waals surface area contributed by atoms with E-state index in [-0.39, 0.29) is 17.5 Å². The molecule has 3 aromatic carbocycles. The fraction of sp³-hybridized carbons (Fsp3) is 0.250. The number of aromatic nitrogens is 2. The minimum absolute atomic E-state index is 0.165. The van der Waals surface area contributed by atoms with Crippen LogP contribution in [0.1, 0.15) is 30.7 Å². The fourth-order valence-electron chi connectivity index (χ4n) is 3.97. The molecule has 1 amide bonds. The topological polar surface area (TPSA) is 82.5 Å². The van der Waals surface area contributed by atoms with Crippen molar-refractivity contribution in [2.75, 3.05) is 25.6 Å². The van der Waals surface area contributed by atoms with E-state index in [1.165, 1.54) is 11.8 Å². The van der Waals surface area contributed by atoms with Crippen molar-refractivity contribution in [2.45, 2.75) is 30.3 Å². The molecule has 0 aliphatic rings. The molecule has 8 heteroatoms. The molecule has 0 aliphatic heterocycles. The number of benzene rings is 3. The Bertz CT molecular complexity index is 1390. The summed E-state index contributed by atoms with van der Waals surface area (Å²) in [5.41, 5.74) is 1.80. The number of carbonyl (C=O) groups excluding carboxylic acids is 1. The van der Waals surface area contributed by atoms with Crippen molar-refractivity contribution >= 4 is 34.3 Å². The van der Waals surface area contributed by atoms with E-state index < -0.39 is 5.25 Å². The third-order valence-electron chi connectivity index (χ3n) is 5.63. The number of ether oxygens (including phenoxy) is 2. The summed E-state index contributed by atoms with van der Waals surface area (Å²) in [7, 11) is 1.60. The molecule has 1 N–H and O–H groups in total. The number of rotatable bonds is 10. The summed E-state index contributed by atoms with van der Waals surface area (Å²) in [6, 6.07) is 23.8. The second-order valence-corrected chi connectivity index (χ2v) is 9.29. The van der Waals surface area contributed by atoms with Gasteiger partial charge >= 0.3 is 0 Å². The predicted octanol–water partition coefficient (Wildman–Crippen LogP) is 5.47. The number of nitrogens with one attached hydrogen (secondary N) is 1. The highest BCUT2D eigenvalue weighted by atomic mass is 32.2. The fourth-order valence-corrected chi connectivity index (χ4v) is 5.17. The van der Waals surface area contributed by atoms with Gasteiger partial charge in [0.15, 0.2) is 5.16 Å². The third-order valence-corrected chi connectivity index (χ3v) is 6.85. The van der Waals surface area contributed by atoms with Gasteiger partial charge in [-0.15, -0.1) is 0 Å². The van der Waals surface area contributed by atoms with E-state index in [9.17, 15) is 9.59 Å². The number of nitrogens with zero attached hydrogens (tertiary/aromatic N) is 2. The maximum atomic E-state index is 13.7. The number of methoxy groups -OCH3 is 1. The molecule has 0 bridgehead atoms. The Balaban J connectivity index is 1.78. The van der Waals surface area contributed by atoms with E-state index in [0.29, 0.717) is 40.7 Å². The maximum absolute atomic E-state index is 13.7. The lowest BCUT2D eigenvalue weighted by Crippen LogP contribution is -2.29. The van der Waals surface area contributed by atoms with E-state index >= 15 is 0 Å². The number of fused-ring (bicyclic) bond motifs is 1. The molecule has 186 valence electrons. The summed E-state index contributed by atoms with van der Waals surface area (Å²) in [4.78, 5) is 32.0. The predicted molar refractivity (Wildman–Crippen MR) is 144 cm³/mol. The first-order chi connectivity index (χ1) is 17.5. The molecule has 1 aromatic heterocycles. The normalized spacial score (nSPS) is 12.8. The van der Waals surface area contributed by atoms with Crippen LogP contribution in [-0.4, -0.2) is 35.8 Å². The summed E-state index contributed by atoms with van der Waals surface area (Å²) in [6.07, 6.45) is 0. The van der Waals surface area contributed by atoms with Gasteiger partial charge < -0.3 is 14.8 Å². The summed E-state index contributed by atoms with van der Waals surface area (Å²) in [5, 5.41) is 3.32. The lowest BCUT2D eigenvalue weighted by Gasteiger charge is -2.22. The van der Waals surface area contributed by atoms with Gasteiger partial charge in [0, 0.05) is 7.11 Å². The van der Waals surface area contributed by atoms with E-state index in [4.69, 9.17) is 14.5 Å². The van der Waals surface area contributed by atoms with Crippen molar-refractivity contribution in [3.05, 3.63) is 94.8 Å². The highest BCUT2D eigenvalue weighted by Crippen LogP contribution is 2.37. The average molecular weight is 504 g/mol. The molecule has 0 aliphatic carbocycles. The molecule has 0 fully saturated rings. The average Bonchev–Trinajstić information content (AvgIpc) is 2.89. The standard InChI is InChI=1S/C28H29N3O4S/c1-4-35-24-17-11-10-16-23(24)29-26(32)25(20-12-6-5-7-13-20)36-28-30-22-15-9-8-14-21(22)27(33)31(28)19(2)18-34-3/h5-17,19,25H,4,18H2,1-3H3,(H,29,32)/t19-,25+/m0/s1. The van der Waals surface area contributed by atoms with Crippen molar-refractivity contribution in [3.8, 4) is 5.75 Å². The Hall–Kier alpha value is -3.62. The molecule has 0 radical (unpaired) electrons. The van der Waals surface area contributed by atoms with Crippen LogP contribution >= 0.6 is 11.8 Å². The molecule has 0 saturated heterocycles. The SMILES string of the molecule is CCOc1ccccc1NC(=O)[C@H](Sc1nc2ccccc2c(=O)n1[C@@H](C)COC)c1ccccc1. The zero-order valence-electron chi connectivity index (χ0n) is 20.5. The Morgan fingerprint density at radius 2 is 1.72 bits per heavy atom. The number of carbonyl (C=O) groups is 1. The third kappa shape index (κ3) is 5.61. The molecule has 4 rings (SSSR count). The molecule has 0 spiro atoms. The quantitative estimate of drug-likeness (QED) is 0.228. The molecule has 2 atom stereocenters. The summed E-state index contributed by atoms with van der Waals surface area (Å²) in [5.74, 6) is 0.353. The minimum atomic E-state index is -0.671. The smallest absolute Gasteiger partial charge is 0.262 e. The number of hydrogen-bond donors (Lipinski definition) is 1. The van der Waals surface area contributed by atoms with Crippen LogP contribution in [0.5, 0.6) is 5.75 Å². The second kappa shape index (κ2) is 11.9. The highest BCUT2D eigenvalue weighted by molar-refractivity contribution is 8.00. The molecule has 0 saturated carbocycles. The van der Waals surface area contributed by atoms with Gasteiger partial charge in [0.05, 0.1) is 35.8 Å². The van der Waals surface area contributed by atoms with Crippen LogP contribution < -0.4 is 15.6 Å². The van der Waals surface area contributed by atoms with E-state index in [0.717, 1.165) is 5.56 Å². The molecule has 7 nitrogen and oxygen atoms in total. The van der Waals surface area contributed by atoms with Gasteiger partial charge in [-0.3, -0.25) is 14.2 Å². The van der Waals surface area contributed by atoms with Crippen LogP contribution in [0.25, 0.3) is 10.9 Å². The first-order valence-corrected chi connectivity index (χ1v) is 12.7. The molecule has 1 heterocycles. The largest absolute Gasteiger partial charge is 0.492 e. The Morgan fingerprint density at radius 3 is 2.47 bits per heavy atom. The Labute approximate surface area is 214 Å². The van der Waals surface area contributed by atoms with Crippen LogP contribution in [-0.2, 0) is 9.53 Å². The minimum Gasteiger partial charge on any atom is -0.492 e. The first kappa shape index (κ1) is 25.5. The number of hydrogen-bond acceptors (Lipinski definition) is 6. The summed E-state index contributed by atoms with van der Waals surface area (Å²) < 4.78 is 12.7. The molecular weight excluding hydrogens is 474 g/mol. The molecular formula is C28H29N3O4S. The van der Waals surface area contributed by atoms with E-state index in [1.54, 1.807) is 23.8 Å².